The fraction of sp³-hybridized carbons (Fsp3) is 0.222. The van der Waals surface area contributed by atoms with E-state index in [-0.39, 0.29) is 12.1 Å². The second kappa shape index (κ2) is 5.26. The molecule has 0 aliphatic carbocycles. The van der Waals surface area contributed by atoms with E-state index in [1.54, 1.807) is 0 Å². The van der Waals surface area contributed by atoms with Gasteiger partial charge in [0.2, 0.25) is 0 Å². The first-order valence-corrected chi connectivity index (χ1v) is 5.08. The van der Waals surface area contributed by atoms with Crippen LogP contribution in [0.4, 0.5) is 18.0 Å². The van der Waals surface area contributed by atoms with Crippen LogP contribution in [0.15, 0.2) is 22.7 Å². The van der Waals surface area contributed by atoms with Crippen molar-refractivity contribution in [2.45, 2.75) is 12.9 Å². The molecule has 0 aliphatic rings. The van der Waals surface area contributed by atoms with Crippen LogP contribution in [0, 0.1) is 0 Å². The lowest BCUT2D eigenvalue weighted by Gasteiger charge is -2.13. The number of carboxylic acid groups (broad SMARTS) is 1. The number of halogens is 4. The van der Waals surface area contributed by atoms with Gasteiger partial charge in [-0.3, -0.25) is 0 Å². The third-order valence-corrected chi connectivity index (χ3v) is 2.17. The van der Waals surface area contributed by atoms with Crippen LogP contribution in [0.1, 0.15) is 5.56 Å². The van der Waals surface area contributed by atoms with Crippen molar-refractivity contribution in [1.82, 2.24) is 5.32 Å². The van der Waals surface area contributed by atoms with Gasteiger partial charge < -0.3 is 15.2 Å². The van der Waals surface area contributed by atoms with Crippen molar-refractivity contribution in [1.29, 1.82) is 0 Å². The lowest BCUT2D eigenvalue weighted by atomic mass is 10.2. The molecule has 0 bridgehead atoms. The van der Waals surface area contributed by atoms with Crippen molar-refractivity contribution < 1.29 is 27.8 Å². The summed E-state index contributed by atoms with van der Waals surface area (Å²) in [6, 6.07) is 3.82. The van der Waals surface area contributed by atoms with Crippen molar-refractivity contribution in [2.24, 2.45) is 0 Å². The largest absolute Gasteiger partial charge is 0.573 e. The summed E-state index contributed by atoms with van der Waals surface area (Å²) < 4.78 is 40.4. The van der Waals surface area contributed by atoms with Crippen LogP contribution in [0.5, 0.6) is 5.75 Å². The van der Waals surface area contributed by atoms with Crippen LogP contribution in [0.2, 0.25) is 0 Å². The Kier molecular flexibility index (Phi) is 4.22. The van der Waals surface area contributed by atoms with Gasteiger partial charge in [-0.2, -0.15) is 0 Å². The summed E-state index contributed by atoms with van der Waals surface area (Å²) in [4.78, 5) is 10.3. The maximum Gasteiger partial charge on any atom is 0.573 e. The molecule has 0 heterocycles. The fourth-order valence-corrected chi connectivity index (χ4v) is 1.49. The first kappa shape index (κ1) is 13.6. The van der Waals surface area contributed by atoms with Gasteiger partial charge in [0.05, 0.1) is 0 Å². The molecule has 2 N–H and O–H groups in total. The van der Waals surface area contributed by atoms with Crippen LogP contribution >= 0.6 is 15.9 Å². The van der Waals surface area contributed by atoms with Crippen molar-refractivity contribution in [3.63, 3.8) is 0 Å². The quantitative estimate of drug-likeness (QED) is 0.901. The average Bonchev–Trinajstić information content (AvgIpc) is 2.16. The maximum absolute atomic E-state index is 12.1. The number of alkyl halides is 3. The average molecular weight is 314 g/mol. The van der Waals surface area contributed by atoms with Crippen LogP contribution in [0.25, 0.3) is 0 Å². The molecule has 17 heavy (non-hydrogen) atoms. The molecule has 0 fully saturated rings. The number of amides is 1. The molecule has 0 aromatic heterocycles. The van der Waals surface area contributed by atoms with E-state index in [0.717, 1.165) is 6.07 Å². The Morgan fingerprint density at radius 2 is 2.12 bits per heavy atom. The van der Waals surface area contributed by atoms with E-state index in [9.17, 15) is 18.0 Å². The molecule has 1 amide bonds. The highest BCUT2D eigenvalue weighted by Crippen LogP contribution is 2.28. The minimum absolute atomic E-state index is 0.0825. The molecule has 94 valence electrons. The lowest BCUT2D eigenvalue weighted by molar-refractivity contribution is -0.274. The minimum atomic E-state index is -4.81. The number of hydrogen-bond acceptors (Lipinski definition) is 2. The van der Waals surface area contributed by atoms with Gasteiger partial charge in [-0.05, 0) is 18.2 Å². The van der Waals surface area contributed by atoms with E-state index in [0.29, 0.717) is 4.47 Å². The van der Waals surface area contributed by atoms with Crippen LogP contribution in [-0.2, 0) is 6.54 Å². The summed E-state index contributed by atoms with van der Waals surface area (Å²) in [6.45, 7) is -0.278. The zero-order valence-electron chi connectivity index (χ0n) is 8.21. The number of nitrogens with one attached hydrogen (secondary N) is 1. The predicted molar refractivity (Wildman–Crippen MR) is 55.7 cm³/mol. The summed E-state index contributed by atoms with van der Waals surface area (Å²) >= 11 is 3.07. The lowest BCUT2D eigenvalue weighted by Crippen LogP contribution is -2.22. The van der Waals surface area contributed by atoms with E-state index in [4.69, 9.17) is 5.11 Å². The van der Waals surface area contributed by atoms with Gasteiger partial charge in [0, 0.05) is 16.6 Å². The van der Waals surface area contributed by atoms with Crippen LogP contribution in [0.3, 0.4) is 0 Å². The first-order valence-electron chi connectivity index (χ1n) is 4.29. The van der Waals surface area contributed by atoms with E-state index < -0.39 is 18.2 Å². The number of carbonyl (C=O) groups is 1. The number of ether oxygens (including phenoxy) is 1. The molecule has 1 aromatic carbocycles. The van der Waals surface area contributed by atoms with Gasteiger partial charge in [-0.25, -0.2) is 4.79 Å². The van der Waals surface area contributed by atoms with Gasteiger partial charge in [0.15, 0.2) is 0 Å². The summed E-state index contributed by atoms with van der Waals surface area (Å²) in [5, 5.41) is 10.3. The molecule has 1 rings (SSSR count). The predicted octanol–water partition coefficient (Wildman–Crippen LogP) is 3.12. The molecule has 0 atom stereocenters. The van der Waals surface area contributed by atoms with E-state index in [1.807, 2.05) is 5.32 Å². The SMILES string of the molecule is O=C(O)NCc1cc(Br)ccc1OC(F)(F)F. The Hall–Kier alpha value is -1.44. The van der Waals surface area contributed by atoms with E-state index >= 15 is 0 Å². The zero-order chi connectivity index (χ0) is 13.1. The second-order valence-electron chi connectivity index (χ2n) is 2.96. The Labute approximate surface area is 103 Å². The molecular formula is C9H7BrF3NO3. The number of rotatable bonds is 3. The molecule has 1 aromatic rings. The van der Waals surface area contributed by atoms with E-state index in [2.05, 4.69) is 20.7 Å². The van der Waals surface area contributed by atoms with Gasteiger partial charge in [0.1, 0.15) is 5.75 Å². The Morgan fingerprint density at radius 1 is 1.47 bits per heavy atom. The van der Waals surface area contributed by atoms with Crippen molar-refractivity contribution in [3.8, 4) is 5.75 Å². The highest BCUT2D eigenvalue weighted by atomic mass is 79.9. The van der Waals surface area contributed by atoms with Gasteiger partial charge in [0.25, 0.3) is 0 Å². The van der Waals surface area contributed by atoms with Crippen molar-refractivity contribution in [2.75, 3.05) is 0 Å². The highest BCUT2D eigenvalue weighted by molar-refractivity contribution is 9.10. The van der Waals surface area contributed by atoms with Gasteiger partial charge in [-0.1, -0.05) is 15.9 Å². The van der Waals surface area contributed by atoms with Crippen molar-refractivity contribution >= 4 is 22.0 Å². The summed E-state index contributed by atoms with van der Waals surface area (Å²) in [7, 11) is 0. The van der Waals surface area contributed by atoms with Crippen molar-refractivity contribution in [3.05, 3.63) is 28.2 Å². The fourth-order valence-electron chi connectivity index (χ4n) is 1.08. The normalized spacial score (nSPS) is 11.1. The molecule has 0 saturated carbocycles. The molecule has 0 aliphatic heterocycles. The smallest absolute Gasteiger partial charge is 0.465 e. The molecule has 0 saturated heterocycles. The maximum atomic E-state index is 12.1. The summed E-state index contributed by atoms with van der Waals surface area (Å²) in [5.41, 5.74) is 0.0825. The summed E-state index contributed by atoms with van der Waals surface area (Å²) in [6.07, 6.45) is -6.14. The monoisotopic (exact) mass is 313 g/mol. The molecule has 0 radical (unpaired) electrons. The molecular weight excluding hydrogens is 307 g/mol. The van der Waals surface area contributed by atoms with Crippen LogP contribution in [-0.4, -0.2) is 17.6 Å². The third-order valence-electron chi connectivity index (χ3n) is 1.68. The molecule has 4 nitrogen and oxygen atoms in total. The number of hydrogen-bond donors (Lipinski definition) is 2. The molecule has 0 unspecified atom stereocenters. The zero-order valence-corrected chi connectivity index (χ0v) is 9.80. The Balaban J connectivity index is 2.91. The first-order chi connectivity index (χ1) is 7.78. The topological polar surface area (TPSA) is 58.6 Å². The van der Waals surface area contributed by atoms with Gasteiger partial charge >= 0.3 is 12.5 Å². The van der Waals surface area contributed by atoms with Crippen LogP contribution < -0.4 is 10.1 Å². The van der Waals surface area contributed by atoms with Gasteiger partial charge in [-0.15, -0.1) is 13.2 Å². The highest BCUT2D eigenvalue weighted by Gasteiger charge is 2.32. The summed E-state index contributed by atoms with van der Waals surface area (Å²) in [5.74, 6) is -0.436. The van der Waals surface area contributed by atoms with E-state index in [1.165, 1.54) is 12.1 Å². The minimum Gasteiger partial charge on any atom is -0.465 e. The molecule has 8 heteroatoms. The Bertz CT molecular complexity index is 422. The third kappa shape index (κ3) is 4.94. The Morgan fingerprint density at radius 3 is 2.65 bits per heavy atom. The molecule has 0 spiro atoms. The number of benzene rings is 1. The second-order valence-corrected chi connectivity index (χ2v) is 3.87. The standard InChI is InChI=1S/C9H7BrF3NO3/c10-6-1-2-7(17-9(11,12)13)5(3-6)4-14-8(15)16/h1-3,14H,4H2,(H,15,16).